The van der Waals surface area contributed by atoms with Gasteiger partial charge >= 0.3 is 0 Å². The van der Waals surface area contributed by atoms with E-state index in [4.69, 9.17) is 10.5 Å². The van der Waals surface area contributed by atoms with Crippen molar-refractivity contribution in [1.82, 2.24) is 10.6 Å². The van der Waals surface area contributed by atoms with Crippen molar-refractivity contribution in [3.05, 3.63) is 29.8 Å². The number of amides is 2. The van der Waals surface area contributed by atoms with Crippen molar-refractivity contribution in [2.24, 2.45) is 11.7 Å². The zero-order valence-electron chi connectivity index (χ0n) is 15.9. The highest BCUT2D eigenvalue weighted by Gasteiger charge is 2.19. The van der Waals surface area contributed by atoms with Gasteiger partial charge in [-0.1, -0.05) is 52.8 Å². The third kappa shape index (κ3) is 7.13. The predicted octanol–water partition coefficient (Wildman–Crippen LogP) is 1.58. The van der Waals surface area contributed by atoms with Crippen LogP contribution in [-0.2, 0) is 15.0 Å². The summed E-state index contributed by atoms with van der Waals surface area (Å²) in [4.78, 5) is 23.4. The van der Waals surface area contributed by atoms with Gasteiger partial charge in [0.05, 0.1) is 19.1 Å². The highest BCUT2D eigenvalue weighted by Crippen LogP contribution is 2.30. The van der Waals surface area contributed by atoms with E-state index in [1.807, 2.05) is 38.1 Å². The Labute approximate surface area is 150 Å². The van der Waals surface area contributed by atoms with E-state index in [0.717, 1.165) is 11.3 Å². The van der Waals surface area contributed by atoms with E-state index in [1.165, 1.54) is 0 Å². The molecule has 0 radical (unpaired) electrons. The molecule has 1 rings (SSSR count). The fourth-order valence-electron chi connectivity index (χ4n) is 2.21. The number of carbonyl (C=O) groups excluding carboxylic acids is 2. The van der Waals surface area contributed by atoms with E-state index < -0.39 is 6.04 Å². The van der Waals surface area contributed by atoms with Crippen LogP contribution in [0.1, 0.15) is 40.2 Å². The molecule has 0 unspecified atom stereocenters. The van der Waals surface area contributed by atoms with Crippen LogP contribution in [0.25, 0.3) is 0 Å². The van der Waals surface area contributed by atoms with E-state index in [0.29, 0.717) is 13.2 Å². The number of hydrogen-bond donors (Lipinski definition) is 3. The molecule has 0 bridgehead atoms. The maximum atomic E-state index is 11.8. The van der Waals surface area contributed by atoms with Crippen molar-refractivity contribution in [2.45, 2.75) is 46.1 Å². The van der Waals surface area contributed by atoms with Gasteiger partial charge in [-0.15, -0.1) is 0 Å². The molecule has 0 heterocycles. The van der Waals surface area contributed by atoms with Crippen molar-refractivity contribution in [3.8, 4) is 5.75 Å². The smallest absolute Gasteiger partial charge is 0.239 e. The minimum atomic E-state index is -0.606. The molecule has 6 heteroatoms. The molecule has 0 aliphatic carbocycles. The van der Waals surface area contributed by atoms with E-state index in [-0.39, 0.29) is 29.7 Å². The highest BCUT2D eigenvalue weighted by atomic mass is 16.5. The Hall–Kier alpha value is -2.08. The highest BCUT2D eigenvalue weighted by molar-refractivity contribution is 5.87. The van der Waals surface area contributed by atoms with E-state index >= 15 is 0 Å². The fourth-order valence-corrected chi connectivity index (χ4v) is 2.21. The SMILES string of the molecule is CC(C)[C@H](N)C(=O)NCC(=O)NCCOc1ccccc1C(C)(C)C. The monoisotopic (exact) mass is 349 g/mol. The van der Waals surface area contributed by atoms with Crippen molar-refractivity contribution < 1.29 is 14.3 Å². The molecule has 2 amide bonds. The van der Waals surface area contributed by atoms with Crippen molar-refractivity contribution in [3.63, 3.8) is 0 Å². The molecule has 0 aliphatic rings. The number of hydrogen-bond acceptors (Lipinski definition) is 4. The molecule has 25 heavy (non-hydrogen) atoms. The predicted molar refractivity (Wildman–Crippen MR) is 99.5 cm³/mol. The number of para-hydroxylation sites is 1. The second kappa shape index (κ2) is 9.42. The summed E-state index contributed by atoms with van der Waals surface area (Å²) < 4.78 is 5.79. The molecule has 0 fully saturated rings. The van der Waals surface area contributed by atoms with Crippen LogP contribution in [0.4, 0.5) is 0 Å². The number of nitrogens with two attached hydrogens (primary N) is 1. The van der Waals surface area contributed by atoms with Gasteiger partial charge in [-0.3, -0.25) is 9.59 Å². The molecule has 1 aromatic carbocycles. The quantitative estimate of drug-likeness (QED) is 0.621. The summed E-state index contributed by atoms with van der Waals surface area (Å²) in [5.41, 5.74) is 6.82. The number of ether oxygens (including phenoxy) is 1. The molecule has 1 atom stereocenters. The van der Waals surface area contributed by atoms with Crippen molar-refractivity contribution in [1.29, 1.82) is 0 Å². The molecule has 0 saturated carbocycles. The molecule has 140 valence electrons. The second-order valence-electron chi connectivity index (χ2n) is 7.43. The summed E-state index contributed by atoms with van der Waals surface area (Å²) in [6.07, 6.45) is 0. The molecular formula is C19H31N3O3. The van der Waals surface area contributed by atoms with Gasteiger partial charge in [0, 0.05) is 0 Å². The average molecular weight is 349 g/mol. The van der Waals surface area contributed by atoms with E-state index in [9.17, 15) is 9.59 Å². The maximum Gasteiger partial charge on any atom is 0.239 e. The Kier molecular flexibility index (Phi) is 7.90. The van der Waals surface area contributed by atoms with E-state index in [2.05, 4.69) is 31.4 Å². The Bertz CT molecular complexity index is 580. The van der Waals surface area contributed by atoms with Gasteiger partial charge < -0.3 is 21.1 Å². The van der Waals surface area contributed by atoms with Gasteiger partial charge in [0.2, 0.25) is 11.8 Å². The second-order valence-corrected chi connectivity index (χ2v) is 7.43. The van der Waals surface area contributed by atoms with Crippen LogP contribution in [-0.4, -0.2) is 37.6 Å². The molecule has 0 saturated heterocycles. The third-order valence-corrected chi connectivity index (χ3v) is 3.82. The molecule has 1 aromatic rings. The summed E-state index contributed by atoms with van der Waals surface area (Å²) in [5, 5.41) is 5.25. The van der Waals surface area contributed by atoms with Crippen LogP contribution >= 0.6 is 0 Å². The van der Waals surface area contributed by atoms with Gasteiger partial charge in [-0.05, 0) is 23.0 Å². The first kappa shape index (κ1) is 21.0. The van der Waals surface area contributed by atoms with Crippen LogP contribution in [0.2, 0.25) is 0 Å². The Morgan fingerprint density at radius 3 is 2.40 bits per heavy atom. The zero-order chi connectivity index (χ0) is 19.0. The first-order chi connectivity index (χ1) is 11.6. The Morgan fingerprint density at radius 1 is 1.16 bits per heavy atom. The topological polar surface area (TPSA) is 93.5 Å². The molecule has 0 aliphatic heterocycles. The Balaban J connectivity index is 2.35. The van der Waals surface area contributed by atoms with Crippen LogP contribution in [0.15, 0.2) is 24.3 Å². The van der Waals surface area contributed by atoms with Crippen molar-refractivity contribution in [2.75, 3.05) is 19.7 Å². The summed E-state index contributed by atoms with van der Waals surface area (Å²) >= 11 is 0. The molecular weight excluding hydrogens is 318 g/mol. The lowest BCUT2D eigenvalue weighted by Gasteiger charge is -2.22. The number of carbonyl (C=O) groups is 2. The summed E-state index contributed by atoms with van der Waals surface area (Å²) in [7, 11) is 0. The minimum Gasteiger partial charge on any atom is -0.491 e. The molecule has 6 nitrogen and oxygen atoms in total. The van der Waals surface area contributed by atoms with Crippen LogP contribution in [0.3, 0.4) is 0 Å². The summed E-state index contributed by atoms with van der Waals surface area (Å²) in [5.74, 6) is 0.261. The standard InChI is InChI=1S/C19H31N3O3/c1-13(2)17(20)18(24)22-12-16(23)21-10-11-25-15-9-7-6-8-14(15)19(3,4)5/h6-9,13,17H,10-12,20H2,1-5H3,(H,21,23)(H,22,24)/t17-/m0/s1. The summed E-state index contributed by atoms with van der Waals surface area (Å²) in [6.45, 7) is 10.7. The largest absolute Gasteiger partial charge is 0.491 e. The zero-order valence-corrected chi connectivity index (χ0v) is 15.9. The van der Waals surface area contributed by atoms with Crippen LogP contribution < -0.4 is 21.1 Å². The normalized spacial score (nSPS) is 12.6. The van der Waals surface area contributed by atoms with Crippen LogP contribution in [0.5, 0.6) is 5.75 Å². The first-order valence-electron chi connectivity index (χ1n) is 8.65. The fraction of sp³-hybridized carbons (Fsp3) is 0.579. The molecule has 0 aromatic heterocycles. The first-order valence-corrected chi connectivity index (χ1v) is 8.65. The Morgan fingerprint density at radius 2 is 1.80 bits per heavy atom. The van der Waals surface area contributed by atoms with Crippen molar-refractivity contribution >= 4 is 11.8 Å². The lowest BCUT2D eigenvalue weighted by molar-refractivity contribution is -0.127. The van der Waals surface area contributed by atoms with Gasteiger partial charge in [0.15, 0.2) is 0 Å². The number of benzene rings is 1. The van der Waals surface area contributed by atoms with Gasteiger partial charge in [0.1, 0.15) is 12.4 Å². The molecule has 0 spiro atoms. The van der Waals surface area contributed by atoms with Gasteiger partial charge in [-0.25, -0.2) is 0 Å². The van der Waals surface area contributed by atoms with Gasteiger partial charge in [0.25, 0.3) is 0 Å². The van der Waals surface area contributed by atoms with Crippen LogP contribution in [0, 0.1) is 5.92 Å². The minimum absolute atomic E-state index is 0.0146. The lowest BCUT2D eigenvalue weighted by Crippen LogP contribution is -2.47. The number of nitrogens with one attached hydrogen (secondary N) is 2. The summed E-state index contributed by atoms with van der Waals surface area (Å²) in [6, 6.07) is 7.28. The van der Waals surface area contributed by atoms with Gasteiger partial charge in [-0.2, -0.15) is 0 Å². The van der Waals surface area contributed by atoms with E-state index in [1.54, 1.807) is 0 Å². The molecule has 4 N–H and O–H groups in total. The maximum absolute atomic E-state index is 11.8. The third-order valence-electron chi connectivity index (χ3n) is 3.82. The lowest BCUT2D eigenvalue weighted by atomic mass is 9.86. The number of rotatable bonds is 8. The average Bonchev–Trinajstić information content (AvgIpc) is 2.55.